The molecule has 3 heterocycles. The highest BCUT2D eigenvalue weighted by molar-refractivity contribution is 6.24. The SMILES string of the molecule is CC1(C)c2ccccc2-c2c1ccc1c(-c3cccc(-n4c5ccccc5c5ccc6c7ccccc7n(-c7ccccc7)c6c54)c3)nc3ccccc3c21. The minimum absolute atomic E-state index is 0.0886. The van der Waals surface area contributed by atoms with Gasteiger partial charge in [0.25, 0.3) is 0 Å². The van der Waals surface area contributed by atoms with Gasteiger partial charge in [0.1, 0.15) is 0 Å². The first-order valence-electron chi connectivity index (χ1n) is 19.2. The van der Waals surface area contributed by atoms with Gasteiger partial charge in [0.15, 0.2) is 0 Å². The predicted molar refractivity (Wildman–Crippen MR) is 231 cm³/mol. The first-order chi connectivity index (χ1) is 27.1. The zero-order chi connectivity index (χ0) is 36.4. The molecule has 0 fully saturated rings. The zero-order valence-corrected chi connectivity index (χ0v) is 30.6. The lowest BCUT2D eigenvalue weighted by Crippen LogP contribution is -2.14. The highest BCUT2D eigenvalue weighted by Gasteiger charge is 2.37. The molecule has 0 saturated heterocycles. The number of benzene rings is 8. The number of fused-ring (bicyclic) bond motifs is 14. The van der Waals surface area contributed by atoms with E-state index in [1.807, 2.05) is 0 Å². The van der Waals surface area contributed by atoms with E-state index >= 15 is 0 Å². The number of hydrogen-bond donors (Lipinski definition) is 0. The van der Waals surface area contributed by atoms with Crippen LogP contribution in [0.25, 0.3) is 99.0 Å². The Morgan fingerprint density at radius 3 is 1.76 bits per heavy atom. The van der Waals surface area contributed by atoms with Crippen molar-refractivity contribution in [2.45, 2.75) is 19.3 Å². The van der Waals surface area contributed by atoms with Crippen molar-refractivity contribution in [1.29, 1.82) is 0 Å². The Morgan fingerprint density at radius 1 is 0.436 bits per heavy atom. The van der Waals surface area contributed by atoms with E-state index < -0.39 is 0 Å². The Bertz CT molecular complexity index is 3400. The summed E-state index contributed by atoms with van der Waals surface area (Å²) in [6.45, 7) is 4.72. The second-order valence-electron chi connectivity index (χ2n) is 15.5. The number of para-hydroxylation sites is 4. The van der Waals surface area contributed by atoms with E-state index in [0.29, 0.717) is 0 Å². The maximum atomic E-state index is 5.46. The monoisotopic (exact) mass is 701 g/mol. The zero-order valence-electron chi connectivity index (χ0n) is 30.6. The molecular weight excluding hydrogens is 667 g/mol. The molecule has 0 N–H and O–H groups in total. The van der Waals surface area contributed by atoms with Crippen LogP contribution in [0.2, 0.25) is 0 Å². The standard InChI is InChI=1S/C52H35N3/c1-52(2)42-23-10-6-21-39(42)48-43(52)30-29-41-47(48)40-22-7-11-24-44(40)53-49(41)32-15-14-18-34(31-32)55-46-26-13-9-20-36(46)38-28-27-37-35-19-8-12-25-45(35)54(50(37)51(38)55)33-16-4-3-5-17-33/h3-31H,1-2H3. The van der Waals surface area contributed by atoms with Gasteiger partial charge < -0.3 is 9.13 Å². The van der Waals surface area contributed by atoms with E-state index in [1.165, 1.54) is 82.0 Å². The summed E-state index contributed by atoms with van der Waals surface area (Å²) < 4.78 is 4.93. The predicted octanol–water partition coefficient (Wildman–Crippen LogP) is 13.6. The fourth-order valence-electron chi connectivity index (χ4n) is 9.86. The second kappa shape index (κ2) is 11.0. The Morgan fingerprint density at radius 2 is 1.02 bits per heavy atom. The van der Waals surface area contributed by atoms with Crippen LogP contribution < -0.4 is 0 Å². The number of aromatic nitrogens is 3. The number of hydrogen-bond acceptors (Lipinski definition) is 1. The molecule has 0 saturated carbocycles. The number of rotatable bonds is 3. The van der Waals surface area contributed by atoms with Crippen LogP contribution in [0.4, 0.5) is 0 Å². The second-order valence-corrected chi connectivity index (χ2v) is 15.5. The molecule has 0 aliphatic heterocycles. The molecule has 3 heteroatoms. The topological polar surface area (TPSA) is 22.8 Å². The largest absolute Gasteiger partial charge is 0.307 e. The molecule has 0 atom stereocenters. The number of nitrogens with zero attached hydrogens (tertiary/aromatic N) is 3. The summed E-state index contributed by atoms with van der Waals surface area (Å²) in [5.74, 6) is 0. The first-order valence-corrected chi connectivity index (χ1v) is 19.2. The third kappa shape index (κ3) is 4.07. The van der Waals surface area contributed by atoms with Gasteiger partial charge in [0, 0.05) is 60.1 Å². The smallest absolute Gasteiger partial charge is 0.0789 e. The van der Waals surface area contributed by atoms with Gasteiger partial charge in [0.2, 0.25) is 0 Å². The van der Waals surface area contributed by atoms with Gasteiger partial charge in [-0.15, -0.1) is 0 Å². The quantitative estimate of drug-likeness (QED) is 0.168. The van der Waals surface area contributed by atoms with E-state index in [9.17, 15) is 0 Å². The Labute approximate surface area is 318 Å². The third-order valence-corrected chi connectivity index (χ3v) is 12.3. The maximum absolute atomic E-state index is 5.46. The molecule has 1 aliphatic rings. The molecule has 8 aromatic carbocycles. The maximum Gasteiger partial charge on any atom is 0.0789 e. The van der Waals surface area contributed by atoms with Gasteiger partial charge in [-0.2, -0.15) is 0 Å². The van der Waals surface area contributed by atoms with Gasteiger partial charge in [-0.05, 0) is 64.7 Å². The summed E-state index contributed by atoms with van der Waals surface area (Å²) in [5.41, 5.74) is 15.5. The van der Waals surface area contributed by atoms with Gasteiger partial charge in [-0.25, -0.2) is 4.98 Å². The molecule has 0 amide bonds. The first kappa shape index (κ1) is 30.5. The molecule has 55 heavy (non-hydrogen) atoms. The number of pyridine rings is 1. The minimum Gasteiger partial charge on any atom is -0.307 e. The van der Waals surface area contributed by atoms with E-state index in [1.54, 1.807) is 0 Å². The van der Waals surface area contributed by atoms with Crippen molar-refractivity contribution >= 4 is 65.3 Å². The summed E-state index contributed by atoms with van der Waals surface area (Å²) in [6, 6.07) is 64.4. The van der Waals surface area contributed by atoms with E-state index in [2.05, 4.69) is 199 Å². The van der Waals surface area contributed by atoms with Crippen LogP contribution in [0.15, 0.2) is 176 Å². The highest BCUT2D eigenvalue weighted by atomic mass is 15.0. The lowest BCUT2D eigenvalue weighted by Gasteiger charge is -2.22. The van der Waals surface area contributed by atoms with Crippen LogP contribution in [-0.2, 0) is 5.41 Å². The van der Waals surface area contributed by atoms with Crippen LogP contribution in [0.3, 0.4) is 0 Å². The summed E-state index contributed by atoms with van der Waals surface area (Å²) in [5, 5.41) is 8.62. The van der Waals surface area contributed by atoms with Gasteiger partial charge >= 0.3 is 0 Å². The van der Waals surface area contributed by atoms with Crippen molar-refractivity contribution < 1.29 is 0 Å². The molecular formula is C52H35N3. The average Bonchev–Trinajstić information content (AvgIpc) is 3.84. The molecule has 3 nitrogen and oxygen atoms in total. The van der Waals surface area contributed by atoms with Crippen LogP contribution >= 0.6 is 0 Å². The van der Waals surface area contributed by atoms with Crippen molar-refractivity contribution in [3.63, 3.8) is 0 Å². The van der Waals surface area contributed by atoms with Crippen molar-refractivity contribution in [1.82, 2.24) is 14.1 Å². The lowest BCUT2D eigenvalue weighted by molar-refractivity contribution is 0.661. The molecule has 0 spiro atoms. The lowest BCUT2D eigenvalue weighted by atomic mass is 9.82. The molecule has 1 aliphatic carbocycles. The van der Waals surface area contributed by atoms with Crippen LogP contribution in [0.5, 0.6) is 0 Å². The molecule has 0 bridgehead atoms. The van der Waals surface area contributed by atoms with E-state index in [0.717, 1.165) is 28.1 Å². The molecule has 3 aromatic heterocycles. The Hall–Kier alpha value is -6.97. The Kier molecular flexibility index (Phi) is 6.12. The highest BCUT2D eigenvalue weighted by Crippen LogP contribution is 2.53. The van der Waals surface area contributed by atoms with Crippen molar-refractivity contribution in [3.05, 3.63) is 187 Å². The fraction of sp³-hybridized carbons (Fsp3) is 0.0577. The molecule has 12 rings (SSSR count). The van der Waals surface area contributed by atoms with Crippen molar-refractivity contribution in [3.8, 4) is 33.8 Å². The van der Waals surface area contributed by atoms with Crippen LogP contribution in [-0.4, -0.2) is 14.1 Å². The normalized spacial score (nSPS) is 13.4. The molecule has 0 unspecified atom stereocenters. The molecule has 258 valence electrons. The van der Waals surface area contributed by atoms with Gasteiger partial charge in [-0.1, -0.05) is 147 Å². The van der Waals surface area contributed by atoms with Crippen molar-refractivity contribution in [2.75, 3.05) is 0 Å². The molecule has 11 aromatic rings. The summed E-state index contributed by atoms with van der Waals surface area (Å²) in [6.07, 6.45) is 0. The summed E-state index contributed by atoms with van der Waals surface area (Å²) in [4.78, 5) is 5.46. The van der Waals surface area contributed by atoms with Crippen LogP contribution in [0.1, 0.15) is 25.0 Å². The van der Waals surface area contributed by atoms with Crippen molar-refractivity contribution in [2.24, 2.45) is 0 Å². The van der Waals surface area contributed by atoms with E-state index in [4.69, 9.17) is 4.98 Å². The Balaban J connectivity index is 1.18. The fourth-order valence-corrected chi connectivity index (χ4v) is 9.86. The van der Waals surface area contributed by atoms with E-state index in [-0.39, 0.29) is 5.41 Å². The third-order valence-electron chi connectivity index (χ3n) is 12.3. The van der Waals surface area contributed by atoms with Gasteiger partial charge in [0.05, 0.1) is 33.3 Å². The summed E-state index contributed by atoms with van der Waals surface area (Å²) >= 11 is 0. The molecule has 0 radical (unpaired) electrons. The van der Waals surface area contributed by atoms with Gasteiger partial charge in [-0.3, -0.25) is 0 Å². The minimum atomic E-state index is -0.0886. The van der Waals surface area contributed by atoms with Crippen LogP contribution in [0, 0.1) is 0 Å². The average molecular weight is 702 g/mol. The summed E-state index contributed by atoms with van der Waals surface area (Å²) in [7, 11) is 0.